The maximum Gasteiger partial charge on any atom is 0.309 e. The minimum atomic E-state index is -0.0826. The van der Waals surface area contributed by atoms with Gasteiger partial charge in [0.15, 0.2) is 0 Å². The molecule has 0 N–H and O–H groups in total. The molecule has 0 spiro atoms. The van der Waals surface area contributed by atoms with Crippen LogP contribution in [0.5, 0.6) is 0 Å². The number of piperidine rings is 1. The largest absolute Gasteiger partial charge is 0.469 e. The average Bonchev–Trinajstić information content (AvgIpc) is 2.74. The van der Waals surface area contributed by atoms with Crippen molar-refractivity contribution < 1.29 is 9.53 Å². The molecule has 0 aliphatic carbocycles. The zero-order chi connectivity index (χ0) is 13.1. The number of hydrogen-bond donors (Lipinski definition) is 0. The van der Waals surface area contributed by atoms with Crippen LogP contribution in [0, 0.1) is 11.8 Å². The van der Waals surface area contributed by atoms with E-state index in [0.29, 0.717) is 5.92 Å². The Kier molecular flexibility index (Phi) is 3.96. The summed E-state index contributed by atoms with van der Waals surface area (Å²) in [6.45, 7) is 4.68. The monoisotopic (exact) mass is 252 g/mol. The number of likely N-dealkylation sites (tertiary alicyclic amines) is 1. The third-order valence-electron chi connectivity index (χ3n) is 3.66. The second-order valence-corrected chi connectivity index (χ2v) is 4.93. The molecule has 100 valence electrons. The van der Waals surface area contributed by atoms with Crippen LogP contribution in [0.15, 0.2) is 6.33 Å². The maximum atomic E-state index is 11.6. The van der Waals surface area contributed by atoms with Gasteiger partial charge in [-0.1, -0.05) is 6.92 Å². The third kappa shape index (κ3) is 2.69. The molecule has 0 bridgehead atoms. The first-order valence-electron chi connectivity index (χ1n) is 6.25. The Balaban J connectivity index is 1.92. The lowest BCUT2D eigenvalue weighted by atomic mass is 9.87. The van der Waals surface area contributed by atoms with Crippen molar-refractivity contribution in [3.05, 3.63) is 12.2 Å². The van der Waals surface area contributed by atoms with Crippen LogP contribution in [0.4, 0.5) is 0 Å². The lowest BCUT2D eigenvalue weighted by Gasteiger charge is -2.35. The zero-order valence-electron chi connectivity index (χ0n) is 11.2. The number of hydrogen-bond acceptors (Lipinski definition) is 5. The molecule has 0 amide bonds. The van der Waals surface area contributed by atoms with E-state index in [2.05, 4.69) is 21.9 Å². The van der Waals surface area contributed by atoms with E-state index in [9.17, 15) is 4.79 Å². The topological polar surface area (TPSA) is 60.2 Å². The number of aryl methyl sites for hydroxylation is 1. The predicted molar refractivity (Wildman–Crippen MR) is 65.6 cm³/mol. The molecule has 18 heavy (non-hydrogen) atoms. The normalized spacial score (nSPS) is 25.1. The smallest absolute Gasteiger partial charge is 0.309 e. The van der Waals surface area contributed by atoms with Gasteiger partial charge in [0.2, 0.25) is 0 Å². The average molecular weight is 252 g/mol. The van der Waals surface area contributed by atoms with Crippen LogP contribution in [0.3, 0.4) is 0 Å². The summed E-state index contributed by atoms with van der Waals surface area (Å²) in [6, 6.07) is 0. The highest BCUT2D eigenvalue weighted by Crippen LogP contribution is 2.25. The van der Waals surface area contributed by atoms with Crippen LogP contribution in [0.2, 0.25) is 0 Å². The van der Waals surface area contributed by atoms with Gasteiger partial charge >= 0.3 is 5.97 Å². The van der Waals surface area contributed by atoms with Crippen molar-refractivity contribution in [3.63, 3.8) is 0 Å². The minimum absolute atomic E-state index is 0.0331. The van der Waals surface area contributed by atoms with Gasteiger partial charge in [-0.25, -0.2) is 4.98 Å². The van der Waals surface area contributed by atoms with E-state index in [1.54, 1.807) is 11.0 Å². The highest BCUT2D eigenvalue weighted by molar-refractivity contribution is 5.72. The second-order valence-electron chi connectivity index (χ2n) is 4.93. The van der Waals surface area contributed by atoms with Crippen molar-refractivity contribution >= 4 is 5.97 Å². The Labute approximate surface area is 107 Å². The Bertz CT molecular complexity index is 418. The van der Waals surface area contributed by atoms with Crippen molar-refractivity contribution in [2.75, 3.05) is 20.2 Å². The number of carbonyl (C=O) groups is 1. The van der Waals surface area contributed by atoms with Gasteiger partial charge in [-0.05, 0) is 18.9 Å². The summed E-state index contributed by atoms with van der Waals surface area (Å²) in [7, 11) is 3.36. The molecule has 2 rings (SSSR count). The van der Waals surface area contributed by atoms with Gasteiger partial charge in [0.05, 0.1) is 19.6 Å². The van der Waals surface area contributed by atoms with Crippen molar-refractivity contribution in [1.29, 1.82) is 0 Å². The van der Waals surface area contributed by atoms with Crippen molar-refractivity contribution in [2.24, 2.45) is 18.9 Å². The fourth-order valence-corrected chi connectivity index (χ4v) is 2.54. The van der Waals surface area contributed by atoms with Crippen LogP contribution < -0.4 is 0 Å². The molecule has 1 aliphatic rings. The van der Waals surface area contributed by atoms with E-state index in [0.717, 1.165) is 31.9 Å². The van der Waals surface area contributed by atoms with Crippen molar-refractivity contribution in [1.82, 2.24) is 19.7 Å². The molecule has 2 heterocycles. The van der Waals surface area contributed by atoms with E-state index in [1.807, 2.05) is 7.05 Å². The molecule has 0 radical (unpaired) electrons. The minimum Gasteiger partial charge on any atom is -0.469 e. The van der Waals surface area contributed by atoms with Gasteiger partial charge in [-0.15, -0.1) is 0 Å². The lowest BCUT2D eigenvalue weighted by Crippen LogP contribution is -2.42. The third-order valence-corrected chi connectivity index (χ3v) is 3.66. The highest BCUT2D eigenvalue weighted by Gasteiger charge is 2.32. The number of carbonyl (C=O) groups excluding carboxylic acids is 1. The quantitative estimate of drug-likeness (QED) is 0.731. The van der Waals surface area contributed by atoms with E-state index in [4.69, 9.17) is 4.74 Å². The van der Waals surface area contributed by atoms with Gasteiger partial charge in [0.25, 0.3) is 0 Å². The zero-order valence-corrected chi connectivity index (χ0v) is 11.2. The Hall–Kier alpha value is -1.43. The SMILES string of the molecule is COC(=O)C1CCN(Cc2ncnn2C)CC1C. The summed E-state index contributed by atoms with van der Waals surface area (Å²) in [5.74, 6) is 1.23. The van der Waals surface area contributed by atoms with Gasteiger partial charge in [0, 0.05) is 13.6 Å². The van der Waals surface area contributed by atoms with E-state index < -0.39 is 0 Å². The lowest BCUT2D eigenvalue weighted by molar-refractivity contribution is -0.149. The van der Waals surface area contributed by atoms with E-state index in [1.165, 1.54) is 7.11 Å². The molecular weight excluding hydrogens is 232 g/mol. The van der Waals surface area contributed by atoms with Crippen LogP contribution in [0.1, 0.15) is 19.2 Å². The molecule has 0 saturated carbocycles. The number of methoxy groups -OCH3 is 1. The first-order chi connectivity index (χ1) is 8.61. The van der Waals surface area contributed by atoms with E-state index >= 15 is 0 Å². The Morgan fingerprint density at radius 3 is 2.94 bits per heavy atom. The Morgan fingerprint density at radius 2 is 2.39 bits per heavy atom. The molecule has 2 atom stereocenters. The first-order valence-corrected chi connectivity index (χ1v) is 6.25. The summed E-state index contributed by atoms with van der Waals surface area (Å²) in [4.78, 5) is 18.1. The molecule has 2 unspecified atom stereocenters. The highest BCUT2D eigenvalue weighted by atomic mass is 16.5. The summed E-state index contributed by atoms with van der Waals surface area (Å²) in [5, 5.41) is 4.06. The van der Waals surface area contributed by atoms with Gasteiger partial charge < -0.3 is 4.74 Å². The van der Waals surface area contributed by atoms with Crippen LogP contribution in [0.25, 0.3) is 0 Å². The number of ether oxygens (including phenoxy) is 1. The summed E-state index contributed by atoms with van der Waals surface area (Å²) in [5.41, 5.74) is 0. The fourth-order valence-electron chi connectivity index (χ4n) is 2.54. The molecule has 1 aromatic rings. The molecule has 6 heteroatoms. The van der Waals surface area contributed by atoms with Crippen LogP contribution in [-0.2, 0) is 23.1 Å². The molecule has 1 aromatic heterocycles. The molecule has 1 fully saturated rings. The predicted octanol–water partition coefficient (Wildman–Crippen LogP) is 0.446. The van der Waals surface area contributed by atoms with Crippen LogP contribution in [-0.4, -0.2) is 45.8 Å². The fraction of sp³-hybridized carbons (Fsp3) is 0.750. The molecular formula is C12H20N4O2. The summed E-state index contributed by atoms with van der Waals surface area (Å²) < 4.78 is 6.63. The molecule has 0 aromatic carbocycles. The number of rotatable bonds is 3. The molecule has 1 saturated heterocycles. The molecule has 1 aliphatic heterocycles. The van der Waals surface area contributed by atoms with Gasteiger partial charge in [-0.3, -0.25) is 14.4 Å². The summed E-state index contributed by atoms with van der Waals surface area (Å²) >= 11 is 0. The number of nitrogens with zero attached hydrogens (tertiary/aromatic N) is 4. The summed E-state index contributed by atoms with van der Waals surface area (Å²) in [6.07, 6.45) is 2.42. The Morgan fingerprint density at radius 1 is 1.61 bits per heavy atom. The van der Waals surface area contributed by atoms with Crippen molar-refractivity contribution in [3.8, 4) is 0 Å². The number of esters is 1. The van der Waals surface area contributed by atoms with Gasteiger partial charge in [-0.2, -0.15) is 5.10 Å². The van der Waals surface area contributed by atoms with Gasteiger partial charge in [0.1, 0.15) is 12.2 Å². The van der Waals surface area contributed by atoms with Crippen LogP contribution >= 0.6 is 0 Å². The first kappa shape index (κ1) is 13.0. The standard InChI is InChI=1S/C12H20N4O2/c1-9-6-16(5-4-10(9)12(17)18-3)7-11-13-8-14-15(11)2/h8-10H,4-7H2,1-3H3. The second kappa shape index (κ2) is 5.48. The van der Waals surface area contributed by atoms with Crippen molar-refractivity contribution in [2.45, 2.75) is 19.9 Å². The van der Waals surface area contributed by atoms with E-state index in [-0.39, 0.29) is 11.9 Å². The maximum absolute atomic E-state index is 11.6. The number of aromatic nitrogens is 3. The molecule has 6 nitrogen and oxygen atoms in total.